The van der Waals surface area contributed by atoms with E-state index in [0.29, 0.717) is 6.42 Å². The maximum atomic E-state index is 10.3. The summed E-state index contributed by atoms with van der Waals surface area (Å²) in [6.07, 6.45) is -10.8. The number of allylic oxidation sites excluding steroid dienone is 1. The van der Waals surface area contributed by atoms with Gasteiger partial charge in [-0.15, -0.1) is 0 Å². The number of fused-ring (bicyclic) bond motifs is 1. The van der Waals surface area contributed by atoms with Gasteiger partial charge in [0.25, 0.3) is 0 Å². The lowest BCUT2D eigenvalue weighted by Gasteiger charge is -2.40. The minimum absolute atomic E-state index is 0.0343. The highest BCUT2D eigenvalue weighted by Gasteiger charge is 2.45. The molecular formula is C26H38O12. The topological polar surface area (TPSA) is 199 Å². The van der Waals surface area contributed by atoms with Crippen LogP contribution in [-0.2, 0) is 18.9 Å². The van der Waals surface area contributed by atoms with E-state index in [9.17, 15) is 40.9 Å². The first-order chi connectivity index (χ1) is 18.2. The molecule has 0 bridgehead atoms. The Hall–Kier alpha value is -1.52. The van der Waals surface area contributed by atoms with Crippen LogP contribution in [0.1, 0.15) is 30.4 Å². The van der Waals surface area contributed by atoms with Crippen LogP contribution in [0.25, 0.3) is 5.57 Å². The third-order valence-corrected chi connectivity index (χ3v) is 7.63. The highest BCUT2D eigenvalue weighted by molar-refractivity contribution is 5.71. The first-order valence-electron chi connectivity index (χ1n) is 12.8. The summed E-state index contributed by atoms with van der Waals surface area (Å²) >= 11 is 0. The molecule has 2 fully saturated rings. The predicted molar refractivity (Wildman–Crippen MR) is 130 cm³/mol. The molecule has 2 heterocycles. The molecule has 38 heavy (non-hydrogen) atoms. The fraction of sp³-hybridized carbons (Fsp3) is 0.692. The zero-order valence-corrected chi connectivity index (χ0v) is 21.1. The van der Waals surface area contributed by atoms with Crippen LogP contribution < -0.4 is 0 Å². The van der Waals surface area contributed by atoms with Crippen molar-refractivity contribution in [1.29, 1.82) is 0 Å². The quantitative estimate of drug-likeness (QED) is 0.168. The van der Waals surface area contributed by atoms with E-state index in [1.165, 1.54) is 0 Å². The number of hydrogen-bond donors (Lipinski definition) is 8. The minimum atomic E-state index is -1.52. The summed E-state index contributed by atoms with van der Waals surface area (Å²) in [5, 5.41) is 79.2. The fourth-order valence-electron chi connectivity index (χ4n) is 5.24. The van der Waals surface area contributed by atoms with Gasteiger partial charge in [0, 0.05) is 0 Å². The zero-order valence-electron chi connectivity index (χ0n) is 21.1. The Kier molecular flexibility index (Phi) is 9.90. The first kappa shape index (κ1) is 29.5. The normalized spacial score (nSPS) is 40.3. The third-order valence-electron chi connectivity index (χ3n) is 7.63. The van der Waals surface area contributed by atoms with Gasteiger partial charge >= 0.3 is 0 Å². The van der Waals surface area contributed by atoms with Gasteiger partial charge in [-0.3, -0.25) is 0 Å². The Labute approximate surface area is 220 Å². The SMILES string of the molecule is CC(COC1OC(CO)C(O)C(O)C1O)C1CC=C(COC2OC(CO)C(O)C(O)C2O)c2ccccc21. The molecule has 12 unspecified atom stereocenters. The molecule has 0 saturated carbocycles. The minimum Gasteiger partial charge on any atom is -0.394 e. The average molecular weight is 543 g/mol. The molecule has 214 valence electrons. The van der Waals surface area contributed by atoms with Gasteiger partial charge in [-0.2, -0.15) is 0 Å². The monoisotopic (exact) mass is 542 g/mol. The van der Waals surface area contributed by atoms with Crippen LogP contribution in [0.3, 0.4) is 0 Å². The number of hydrogen-bond acceptors (Lipinski definition) is 12. The van der Waals surface area contributed by atoms with Gasteiger partial charge in [0.1, 0.15) is 48.8 Å². The molecule has 3 aliphatic rings. The second-order valence-corrected chi connectivity index (χ2v) is 10.2. The lowest BCUT2D eigenvalue weighted by molar-refractivity contribution is -0.303. The van der Waals surface area contributed by atoms with Crippen molar-refractivity contribution in [2.75, 3.05) is 26.4 Å². The van der Waals surface area contributed by atoms with Crippen molar-refractivity contribution in [2.24, 2.45) is 5.92 Å². The van der Waals surface area contributed by atoms with E-state index in [1.807, 2.05) is 37.3 Å². The zero-order chi connectivity index (χ0) is 27.6. The molecule has 1 aliphatic carbocycles. The lowest BCUT2D eigenvalue weighted by atomic mass is 9.77. The molecule has 0 radical (unpaired) electrons. The van der Waals surface area contributed by atoms with E-state index in [0.717, 1.165) is 16.7 Å². The summed E-state index contributed by atoms with van der Waals surface area (Å²) < 4.78 is 22.4. The Morgan fingerprint density at radius 3 is 1.92 bits per heavy atom. The number of ether oxygens (including phenoxy) is 4. The van der Waals surface area contributed by atoms with E-state index in [-0.39, 0.29) is 25.0 Å². The van der Waals surface area contributed by atoms with Gasteiger partial charge in [-0.05, 0) is 35.0 Å². The van der Waals surface area contributed by atoms with Gasteiger partial charge in [0.15, 0.2) is 12.6 Å². The van der Waals surface area contributed by atoms with Gasteiger partial charge in [-0.1, -0.05) is 37.3 Å². The largest absolute Gasteiger partial charge is 0.394 e. The van der Waals surface area contributed by atoms with Crippen LogP contribution in [-0.4, -0.2) is 129 Å². The van der Waals surface area contributed by atoms with E-state index in [2.05, 4.69) is 0 Å². The second-order valence-electron chi connectivity index (χ2n) is 10.2. The van der Waals surface area contributed by atoms with Crippen LogP contribution in [0.15, 0.2) is 30.3 Å². The summed E-state index contributed by atoms with van der Waals surface area (Å²) in [7, 11) is 0. The van der Waals surface area contributed by atoms with Crippen molar-refractivity contribution in [3.63, 3.8) is 0 Å². The summed E-state index contributed by atoms with van der Waals surface area (Å²) in [5.41, 5.74) is 2.80. The fourth-order valence-corrected chi connectivity index (χ4v) is 5.24. The third kappa shape index (κ3) is 5.97. The summed E-state index contributed by atoms with van der Waals surface area (Å²) in [6.45, 7) is 1.14. The van der Waals surface area contributed by atoms with Crippen molar-refractivity contribution in [2.45, 2.75) is 80.7 Å². The number of rotatable bonds is 9. The predicted octanol–water partition coefficient (Wildman–Crippen LogP) is -2.17. The van der Waals surface area contributed by atoms with Crippen molar-refractivity contribution < 1.29 is 59.8 Å². The molecule has 12 atom stereocenters. The molecule has 1 aromatic rings. The number of aliphatic hydroxyl groups is 8. The van der Waals surface area contributed by atoms with Crippen LogP contribution >= 0.6 is 0 Å². The Morgan fingerprint density at radius 2 is 1.34 bits per heavy atom. The molecule has 0 amide bonds. The number of aliphatic hydroxyl groups excluding tert-OH is 8. The Balaban J connectivity index is 1.39. The maximum Gasteiger partial charge on any atom is 0.187 e. The van der Waals surface area contributed by atoms with Crippen LogP contribution in [0, 0.1) is 5.92 Å². The summed E-state index contributed by atoms with van der Waals surface area (Å²) in [4.78, 5) is 0. The van der Waals surface area contributed by atoms with Crippen molar-refractivity contribution in [1.82, 2.24) is 0 Å². The Bertz CT molecular complexity index is 939. The van der Waals surface area contributed by atoms with E-state index < -0.39 is 74.6 Å². The molecule has 2 aliphatic heterocycles. The molecule has 4 rings (SSSR count). The molecule has 8 N–H and O–H groups in total. The average Bonchev–Trinajstić information content (AvgIpc) is 2.93. The van der Waals surface area contributed by atoms with Gasteiger partial charge in [0.2, 0.25) is 0 Å². The van der Waals surface area contributed by atoms with Crippen LogP contribution in [0.2, 0.25) is 0 Å². The highest BCUT2D eigenvalue weighted by atomic mass is 16.7. The second kappa shape index (κ2) is 12.8. The standard InChI is InChI=1S/C26H38O12/c1-12(10-35-25-23(33)21(31)19(29)17(8-27)37-25)14-7-6-13(15-4-2-3-5-16(14)15)11-36-26-24(34)22(32)20(30)18(9-28)38-26/h2-6,12,14,17-34H,7-11H2,1H3. The van der Waals surface area contributed by atoms with Crippen LogP contribution in [0.4, 0.5) is 0 Å². The maximum absolute atomic E-state index is 10.3. The van der Waals surface area contributed by atoms with Crippen molar-refractivity contribution >= 4 is 5.57 Å². The van der Waals surface area contributed by atoms with Crippen molar-refractivity contribution in [3.05, 3.63) is 41.5 Å². The van der Waals surface area contributed by atoms with E-state index >= 15 is 0 Å². The summed E-state index contributed by atoms with van der Waals surface area (Å²) in [5.74, 6) is -0.0141. The molecule has 1 aromatic carbocycles. The summed E-state index contributed by atoms with van der Waals surface area (Å²) in [6, 6.07) is 7.73. The molecule has 12 nitrogen and oxygen atoms in total. The molecule has 12 heteroatoms. The lowest BCUT2D eigenvalue weighted by Crippen LogP contribution is -2.59. The van der Waals surface area contributed by atoms with Crippen LogP contribution in [0.5, 0.6) is 0 Å². The smallest absolute Gasteiger partial charge is 0.187 e. The van der Waals surface area contributed by atoms with Gasteiger partial charge in [0.05, 0.1) is 26.4 Å². The van der Waals surface area contributed by atoms with E-state index in [4.69, 9.17) is 18.9 Å². The Morgan fingerprint density at radius 1 is 0.789 bits per heavy atom. The van der Waals surface area contributed by atoms with E-state index in [1.54, 1.807) is 0 Å². The molecule has 2 saturated heterocycles. The highest BCUT2D eigenvalue weighted by Crippen LogP contribution is 2.39. The van der Waals surface area contributed by atoms with Gasteiger partial charge < -0.3 is 59.8 Å². The molecule has 0 aromatic heterocycles. The molecule has 0 spiro atoms. The van der Waals surface area contributed by atoms with Gasteiger partial charge in [-0.25, -0.2) is 0 Å². The number of benzene rings is 1. The molecular weight excluding hydrogens is 504 g/mol. The first-order valence-corrected chi connectivity index (χ1v) is 12.8. The van der Waals surface area contributed by atoms with Crippen molar-refractivity contribution in [3.8, 4) is 0 Å².